The lowest BCUT2D eigenvalue weighted by Gasteiger charge is -2.34. The van der Waals surface area contributed by atoms with Crippen LogP contribution in [0.4, 0.5) is 14.5 Å². The number of hydrogen-bond acceptors (Lipinski definition) is 3. The third-order valence-corrected chi connectivity index (χ3v) is 4.95. The third-order valence-electron chi connectivity index (χ3n) is 4.95. The van der Waals surface area contributed by atoms with Gasteiger partial charge in [0, 0.05) is 31.9 Å². The Bertz CT molecular complexity index is 853. The van der Waals surface area contributed by atoms with Crippen LogP contribution in [0.2, 0.25) is 0 Å². The average molecular weight is 387 g/mol. The lowest BCUT2D eigenvalue weighted by molar-refractivity contribution is -0.117. The van der Waals surface area contributed by atoms with Gasteiger partial charge in [-0.3, -0.25) is 14.5 Å². The Kier molecular flexibility index (Phi) is 6.04. The molecule has 0 saturated carbocycles. The van der Waals surface area contributed by atoms with E-state index in [4.69, 9.17) is 0 Å². The van der Waals surface area contributed by atoms with E-state index in [1.165, 1.54) is 11.0 Å². The number of hydrogen-bond donors (Lipinski definition) is 1. The number of amides is 2. The maximum absolute atomic E-state index is 13.8. The Labute approximate surface area is 162 Å². The monoisotopic (exact) mass is 387 g/mol. The molecule has 0 spiro atoms. The lowest BCUT2D eigenvalue weighted by Crippen LogP contribution is -2.50. The number of aryl methyl sites for hydroxylation is 2. The topological polar surface area (TPSA) is 52.7 Å². The molecule has 0 radical (unpaired) electrons. The van der Waals surface area contributed by atoms with Crippen molar-refractivity contribution >= 4 is 17.5 Å². The maximum Gasteiger partial charge on any atom is 0.259 e. The van der Waals surface area contributed by atoms with Crippen molar-refractivity contribution in [3.05, 3.63) is 64.7 Å². The van der Waals surface area contributed by atoms with Crippen LogP contribution in [0, 0.1) is 25.5 Å². The Morgan fingerprint density at radius 2 is 1.46 bits per heavy atom. The fraction of sp³-hybridized carbons (Fsp3) is 0.333. The van der Waals surface area contributed by atoms with Crippen LogP contribution in [0.15, 0.2) is 36.4 Å². The normalized spacial score (nSPS) is 14.8. The van der Waals surface area contributed by atoms with E-state index in [-0.39, 0.29) is 12.5 Å². The summed E-state index contributed by atoms with van der Waals surface area (Å²) < 4.78 is 27.7. The highest BCUT2D eigenvalue weighted by Gasteiger charge is 2.27. The van der Waals surface area contributed by atoms with Gasteiger partial charge in [-0.15, -0.1) is 0 Å². The molecule has 1 fully saturated rings. The van der Waals surface area contributed by atoms with Crippen molar-refractivity contribution < 1.29 is 18.4 Å². The Morgan fingerprint density at radius 3 is 2.04 bits per heavy atom. The SMILES string of the molecule is Cc1cccc(C)c1NC(=O)CN1CCN(C(=O)c2c(F)cccc2F)CC1. The highest BCUT2D eigenvalue weighted by molar-refractivity contribution is 5.95. The Hall–Kier alpha value is -2.80. The van der Waals surface area contributed by atoms with Gasteiger partial charge in [-0.2, -0.15) is 0 Å². The van der Waals surface area contributed by atoms with Gasteiger partial charge >= 0.3 is 0 Å². The van der Waals surface area contributed by atoms with E-state index in [1.54, 1.807) is 0 Å². The van der Waals surface area contributed by atoms with E-state index in [0.717, 1.165) is 28.9 Å². The van der Waals surface area contributed by atoms with Crippen LogP contribution in [0.5, 0.6) is 0 Å². The van der Waals surface area contributed by atoms with Gasteiger partial charge in [0.1, 0.15) is 17.2 Å². The number of piperazine rings is 1. The molecule has 7 heteroatoms. The van der Waals surface area contributed by atoms with Crippen molar-refractivity contribution in [3.63, 3.8) is 0 Å². The van der Waals surface area contributed by atoms with Crippen molar-refractivity contribution in [1.29, 1.82) is 0 Å². The van der Waals surface area contributed by atoms with E-state index in [1.807, 2.05) is 36.9 Å². The molecule has 0 unspecified atom stereocenters. The number of rotatable bonds is 4. The zero-order valence-corrected chi connectivity index (χ0v) is 16.0. The second-order valence-corrected chi connectivity index (χ2v) is 6.98. The first-order valence-corrected chi connectivity index (χ1v) is 9.18. The average Bonchev–Trinajstić information content (AvgIpc) is 2.65. The van der Waals surface area contributed by atoms with Gasteiger partial charge in [0.25, 0.3) is 5.91 Å². The number of carbonyl (C=O) groups excluding carboxylic acids is 2. The fourth-order valence-corrected chi connectivity index (χ4v) is 3.36. The largest absolute Gasteiger partial charge is 0.336 e. The van der Waals surface area contributed by atoms with E-state index in [2.05, 4.69) is 5.32 Å². The van der Waals surface area contributed by atoms with Crippen LogP contribution in [0.3, 0.4) is 0 Å². The van der Waals surface area contributed by atoms with Crippen LogP contribution < -0.4 is 5.32 Å². The molecule has 148 valence electrons. The van der Waals surface area contributed by atoms with Crippen LogP contribution in [-0.4, -0.2) is 54.3 Å². The minimum absolute atomic E-state index is 0.127. The Balaban J connectivity index is 1.55. The summed E-state index contributed by atoms with van der Waals surface area (Å²) in [6.07, 6.45) is 0. The number of benzene rings is 2. The molecule has 1 N–H and O–H groups in total. The van der Waals surface area contributed by atoms with Crippen LogP contribution >= 0.6 is 0 Å². The molecule has 0 atom stereocenters. The molecule has 0 bridgehead atoms. The smallest absolute Gasteiger partial charge is 0.259 e. The van der Waals surface area contributed by atoms with Crippen molar-refractivity contribution in [1.82, 2.24) is 9.80 Å². The van der Waals surface area contributed by atoms with Gasteiger partial charge in [0.2, 0.25) is 5.91 Å². The first kappa shape index (κ1) is 19.9. The lowest BCUT2D eigenvalue weighted by atomic mass is 10.1. The van der Waals surface area contributed by atoms with E-state index in [0.29, 0.717) is 26.2 Å². The van der Waals surface area contributed by atoms with Crippen molar-refractivity contribution in [2.75, 3.05) is 38.0 Å². The molecule has 2 aromatic carbocycles. The fourth-order valence-electron chi connectivity index (χ4n) is 3.36. The number of nitrogens with zero attached hydrogens (tertiary/aromatic N) is 2. The molecule has 28 heavy (non-hydrogen) atoms. The molecule has 1 heterocycles. The summed E-state index contributed by atoms with van der Waals surface area (Å²) in [6.45, 7) is 5.62. The summed E-state index contributed by atoms with van der Waals surface area (Å²) in [6, 6.07) is 9.20. The third kappa shape index (κ3) is 4.36. The minimum atomic E-state index is -0.861. The second-order valence-electron chi connectivity index (χ2n) is 6.98. The van der Waals surface area contributed by atoms with Gasteiger partial charge in [0.15, 0.2) is 0 Å². The quantitative estimate of drug-likeness (QED) is 0.878. The van der Waals surface area contributed by atoms with Crippen molar-refractivity contribution in [2.45, 2.75) is 13.8 Å². The van der Waals surface area contributed by atoms with Crippen LogP contribution in [-0.2, 0) is 4.79 Å². The highest BCUT2D eigenvalue weighted by atomic mass is 19.1. The zero-order valence-electron chi connectivity index (χ0n) is 16.0. The van der Waals surface area contributed by atoms with Gasteiger partial charge in [-0.25, -0.2) is 8.78 Å². The molecule has 0 aromatic heterocycles. The number of para-hydroxylation sites is 1. The second kappa shape index (κ2) is 8.48. The summed E-state index contributed by atoms with van der Waals surface area (Å²) in [4.78, 5) is 28.2. The number of nitrogens with one attached hydrogen (secondary N) is 1. The summed E-state index contributed by atoms with van der Waals surface area (Å²) in [5.74, 6) is -2.51. The highest BCUT2D eigenvalue weighted by Crippen LogP contribution is 2.20. The number of anilines is 1. The van der Waals surface area contributed by atoms with Crippen LogP contribution in [0.1, 0.15) is 21.5 Å². The Morgan fingerprint density at radius 1 is 0.929 bits per heavy atom. The zero-order chi connectivity index (χ0) is 20.3. The number of halogens is 2. The molecule has 1 saturated heterocycles. The summed E-state index contributed by atoms with van der Waals surface area (Å²) in [5, 5.41) is 2.94. The molecular formula is C21H23F2N3O2. The molecule has 2 aromatic rings. The minimum Gasteiger partial charge on any atom is -0.336 e. The molecule has 1 aliphatic heterocycles. The van der Waals surface area contributed by atoms with Gasteiger partial charge in [-0.1, -0.05) is 24.3 Å². The summed E-state index contributed by atoms with van der Waals surface area (Å²) in [7, 11) is 0. The van der Waals surface area contributed by atoms with E-state index < -0.39 is 23.1 Å². The number of carbonyl (C=O) groups is 2. The predicted molar refractivity (Wildman–Crippen MR) is 103 cm³/mol. The van der Waals surface area contributed by atoms with Crippen molar-refractivity contribution in [3.8, 4) is 0 Å². The van der Waals surface area contributed by atoms with E-state index in [9.17, 15) is 18.4 Å². The first-order valence-electron chi connectivity index (χ1n) is 9.18. The maximum atomic E-state index is 13.8. The predicted octanol–water partition coefficient (Wildman–Crippen LogP) is 2.98. The van der Waals surface area contributed by atoms with Gasteiger partial charge in [-0.05, 0) is 37.1 Å². The van der Waals surface area contributed by atoms with Crippen LogP contribution in [0.25, 0.3) is 0 Å². The van der Waals surface area contributed by atoms with Gasteiger partial charge in [0.05, 0.1) is 6.54 Å². The van der Waals surface area contributed by atoms with Crippen molar-refractivity contribution in [2.24, 2.45) is 0 Å². The standard InChI is InChI=1S/C21H23F2N3O2/c1-14-5-3-6-15(2)20(14)24-18(27)13-25-9-11-26(12-10-25)21(28)19-16(22)7-4-8-17(19)23/h3-8H,9-13H2,1-2H3,(H,24,27). The molecule has 1 aliphatic rings. The molecule has 5 nitrogen and oxygen atoms in total. The van der Waals surface area contributed by atoms with E-state index >= 15 is 0 Å². The first-order chi connectivity index (χ1) is 13.4. The summed E-state index contributed by atoms with van der Waals surface area (Å²) in [5.41, 5.74) is 2.28. The molecule has 2 amide bonds. The molecular weight excluding hydrogens is 364 g/mol. The van der Waals surface area contributed by atoms with Gasteiger partial charge < -0.3 is 10.2 Å². The molecule has 3 rings (SSSR count). The summed E-state index contributed by atoms with van der Waals surface area (Å²) >= 11 is 0. The molecule has 0 aliphatic carbocycles.